The third-order valence-electron chi connectivity index (χ3n) is 3.27. The van der Waals surface area contributed by atoms with Crippen molar-refractivity contribution in [2.24, 2.45) is 11.7 Å². The topological polar surface area (TPSA) is 89.6 Å². The Morgan fingerprint density at radius 2 is 1.80 bits per heavy atom. The Morgan fingerprint density at radius 1 is 1.12 bits per heavy atom. The van der Waals surface area contributed by atoms with E-state index < -0.39 is 5.97 Å². The van der Waals surface area contributed by atoms with Crippen molar-refractivity contribution in [2.75, 3.05) is 6.61 Å². The Kier molecular flexibility index (Phi) is 8.19. The van der Waals surface area contributed by atoms with Gasteiger partial charge in [0.1, 0.15) is 5.75 Å². The maximum absolute atomic E-state index is 11.1. The van der Waals surface area contributed by atoms with Crippen molar-refractivity contribution >= 4 is 11.9 Å². The third-order valence-corrected chi connectivity index (χ3v) is 3.27. The van der Waals surface area contributed by atoms with Crippen LogP contribution in [0.1, 0.15) is 47.1 Å². The van der Waals surface area contributed by atoms with Gasteiger partial charge in [0.05, 0.1) is 12.2 Å². The van der Waals surface area contributed by atoms with E-state index in [0.29, 0.717) is 23.7 Å². The largest absolute Gasteiger partial charge is 0.508 e. The zero-order chi connectivity index (χ0) is 18.8. The summed E-state index contributed by atoms with van der Waals surface area (Å²) in [6, 6.07) is 13.6. The monoisotopic (exact) mass is 343 g/mol. The maximum atomic E-state index is 11.1. The van der Waals surface area contributed by atoms with Crippen LogP contribution in [0.15, 0.2) is 48.5 Å². The first-order valence-electron chi connectivity index (χ1n) is 8.19. The van der Waals surface area contributed by atoms with Crippen LogP contribution < -0.4 is 5.73 Å². The van der Waals surface area contributed by atoms with E-state index in [4.69, 9.17) is 15.6 Å². The van der Waals surface area contributed by atoms with Crippen LogP contribution in [-0.4, -0.2) is 23.6 Å². The van der Waals surface area contributed by atoms with Gasteiger partial charge in [-0.15, -0.1) is 0 Å². The molecule has 2 aromatic rings. The lowest BCUT2D eigenvalue weighted by Crippen LogP contribution is -2.14. The highest BCUT2D eigenvalue weighted by Crippen LogP contribution is 2.13. The van der Waals surface area contributed by atoms with E-state index in [-0.39, 0.29) is 11.7 Å². The van der Waals surface area contributed by atoms with Crippen LogP contribution in [0.25, 0.3) is 0 Å². The summed E-state index contributed by atoms with van der Waals surface area (Å²) in [6.07, 6.45) is 0.902. The van der Waals surface area contributed by atoms with E-state index in [1.165, 1.54) is 12.1 Å². The summed E-state index contributed by atoms with van der Waals surface area (Å²) in [5, 5.41) is 9.02. The summed E-state index contributed by atoms with van der Waals surface area (Å²) in [5.41, 5.74) is 7.32. The normalized spacial score (nSPS) is 9.92. The van der Waals surface area contributed by atoms with Crippen molar-refractivity contribution in [3.63, 3.8) is 0 Å². The summed E-state index contributed by atoms with van der Waals surface area (Å²) < 4.78 is 4.73. The Hall–Kier alpha value is -2.82. The summed E-state index contributed by atoms with van der Waals surface area (Å²) in [4.78, 5) is 22.1. The van der Waals surface area contributed by atoms with E-state index >= 15 is 0 Å². The predicted molar refractivity (Wildman–Crippen MR) is 97.6 cm³/mol. The van der Waals surface area contributed by atoms with Crippen molar-refractivity contribution in [3.8, 4) is 5.75 Å². The fourth-order valence-electron chi connectivity index (χ4n) is 2.23. The van der Waals surface area contributed by atoms with Crippen LogP contribution in [0, 0.1) is 5.92 Å². The lowest BCUT2D eigenvalue weighted by Gasteiger charge is -2.08. The Bertz CT molecular complexity index is 710. The molecule has 3 N–H and O–H groups in total. The van der Waals surface area contributed by atoms with Gasteiger partial charge < -0.3 is 15.6 Å². The predicted octanol–water partition coefficient (Wildman–Crippen LogP) is 3.55. The van der Waals surface area contributed by atoms with Gasteiger partial charge in [-0.2, -0.15) is 0 Å². The number of amides is 1. The number of rotatable bonds is 5. The summed E-state index contributed by atoms with van der Waals surface area (Å²) >= 11 is 0. The number of ether oxygens (including phenoxy) is 1. The van der Waals surface area contributed by atoms with Crippen LogP contribution in [-0.2, 0) is 11.2 Å². The Labute approximate surface area is 148 Å². The summed E-state index contributed by atoms with van der Waals surface area (Å²) in [5.74, 6) is -0.134. The second-order valence-corrected chi connectivity index (χ2v) is 5.89. The number of benzene rings is 2. The van der Waals surface area contributed by atoms with Gasteiger partial charge in [0.15, 0.2) is 0 Å². The number of carbonyl (C=O) groups is 2. The molecule has 0 aliphatic carbocycles. The minimum Gasteiger partial charge on any atom is -0.508 e. The highest BCUT2D eigenvalue weighted by molar-refractivity contribution is 5.94. The third kappa shape index (κ3) is 7.08. The smallest absolute Gasteiger partial charge is 0.338 e. The Morgan fingerprint density at radius 3 is 2.36 bits per heavy atom. The molecule has 0 aromatic heterocycles. The van der Waals surface area contributed by atoms with Gasteiger partial charge in [-0.3, -0.25) is 4.79 Å². The molecule has 0 unspecified atom stereocenters. The van der Waals surface area contributed by atoms with Gasteiger partial charge in [0, 0.05) is 5.56 Å². The lowest BCUT2D eigenvalue weighted by atomic mass is 9.98. The fraction of sp³-hybridized carbons (Fsp3) is 0.300. The quantitative estimate of drug-likeness (QED) is 0.812. The molecule has 0 atom stereocenters. The number of aromatic hydroxyl groups is 1. The first-order chi connectivity index (χ1) is 11.8. The number of hydrogen-bond acceptors (Lipinski definition) is 4. The van der Waals surface area contributed by atoms with Crippen LogP contribution in [0.3, 0.4) is 0 Å². The average molecular weight is 343 g/mol. The molecule has 0 aliphatic rings. The van der Waals surface area contributed by atoms with Gasteiger partial charge >= 0.3 is 5.97 Å². The highest BCUT2D eigenvalue weighted by atomic mass is 16.5. The number of primary amides is 1. The maximum Gasteiger partial charge on any atom is 0.338 e. The molecule has 5 heteroatoms. The van der Waals surface area contributed by atoms with E-state index in [1.807, 2.05) is 18.2 Å². The van der Waals surface area contributed by atoms with Gasteiger partial charge in [0.25, 0.3) is 0 Å². The van der Waals surface area contributed by atoms with Gasteiger partial charge in [0.2, 0.25) is 5.91 Å². The van der Waals surface area contributed by atoms with Crippen molar-refractivity contribution in [1.82, 2.24) is 0 Å². The molecule has 0 saturated heterocycles. The molecular formula is C20H25NO4. The van der Waals surface area contributed by atoms with Crippen LogP contribution in [0.5, 0.6) is 5.75 Å². The molecule has 25 heavy (non-hydrogen) atoms. The SMILES string of the molecule is CC(C)Cc1ccccc1C(N)=O.CCOC(=O)c1cccc(O)c1. The first-order valence-corrected chi connectivity index (χ1v) is 8.19. The molecule has 2 rings (SSSR count). The van der Waals surface area contributed by atoms with Gasteiger partial charge in [-0.25, -0.2) is 4.79 Å². The van der Waals surface area contributed by atoms with Gasteiger partial charge in [-0.05, 0) is 49.1 Å². The number of phenolic OH excluding ortho intramolecular Hbond substituents is 1. The number of esters is 1. The summed E-state index contributed by atoms with van der Waals surface area (Å²) in [7, 11) is 0. The Balaban J connectivity index is 0.000000251. The van der Waals surface area contributed by atoms with E-state index in [1.54, 1.807) is 25.1 Å². The van der Waals surface area contributed by atoms with Crippen LogP contribution in [0.4, 0.5) is 0 Å². The molecule has 0 bridgehead atoms. The van der Waals surface area contributed by atoms with E-state index in [9.17, 15) is 9.59 Å². The lowest BCUT2D eigenvalue weighted by molar-refractivity contribution is 0.0525. The van der Waals surface area contributed by atoms with Crippen molar-refractivity contribution in [3.05, 3.63) is 65.2 Å². The molecule has 0 aliphatic heterocycles. The molecule has 2 aromatic carbocycles. The molecule has 0 heterocycles. The molecular weight excluding hydrogens is 318 g/mol. The minimum atomic E-state index is -0.409. The van der Waals surface area contributed by atoms with Gasteiger partial charge in [-0.1, -0.05) is 38.1 Å². The number of phenols is 1. The molecule has 1 amide bonds. The molecule has 0 saturated carbocycles. The number of carbonyl (C=O) groups excluding carboxylic acids is 2. The number of nitrogens with two attached hydrogens (primary N) is 1. The van der Waals surface area contributed by atoms with Crippen molar-refractivity contribution in [1.29, 1.82) is 0 Å². The zero-order valence-corrected chi connectivity index (χ0v) is 14.9. The summed E-state index contributed by atoms with van der Waals surface area (Å²) in [6.45, 7) is 6.32. The minimum absolute atomic E-state index is 0.0700. The number of hydrogen-bond donors (Lipinski definition) is 2. The molecule has 5 nitrogen and oxygen atoms in total. The van der Waals surface area contributed by atoms with Crippen LogP contribution in [0.2, 0.25) is 0 Å². The molecule has 0 spiro atoms. The molecule has 134 valence electrons. The first kappa shape index (κ1) is 20.2. The van der Waals surface area contributed by atoms with E-state index in [2.05, 4.69) is 13.8 Å². The highest BCUT2D eigenvalue weighted by Gasteiger charge is 2.07. The average Bonchev–Trinajstić information content (AvgIpc) is 2.55. The molecule has 0 radical (unpaired) electrons. The van der Waals surface area contributed by atoms with Crippen molar-refractivity contribution in [2.45, 2.75) is 27.2 Å². The van der Waals surface area contributed by atoms with E-state index in [0.717, 1.165) is 12.0 Å². The molecule has 0 fully saturated rings. The standard InChI is InChI=1S/C11H15NO.C9H10O3/c1-8(2)7-9-5-3-4-6-10(9)11(12)13;1-2-12-9(11)7-4-3-5-8(10)6-7/h3-6,8H,7H2,1-2H3,(H2,12,13);3-6,10H,2H2,1H3. The van der Waals surface area contributed by atoms with Crippen molar-refractivity contribution < 1.29 is 19.4 Å². The zero-order valence-electron chi connectivity index (χ0n) is 14.9. The second kappa shape index (κ2) is 10.1. The van der Waals surface area contributed by atoms with Crippen LogP contribution >= 0.6 is 0 Å². The fourth-order valence-corrected chi connectivity index (χ4v) is 2.23. The second-order valence-electron chi connectivity index (χ2n) is 5.89.